The predicted octanol–water partition coefficient (Wildman–Crippen LogP) is 2.96. The fourth-order valence-corrected chi connectivity index (χ4v) is 2.53. The second-order valence-electron chi connectivity index (χ2n) is 4.51. The van der Waals surface area contributed by atoms with Crippen molar-refractivity contribution in [3.05, 3.63) is 45.9 Å². The fraction of sp³-hybridized carbons (Fsp3) is 0.286. The van der Waals surface area contributed by atoms with Crippen molar-refractivity contribution in [2.75, 3.05) is 18.0 Å². The van der Waals surface area contributed by atoms with Crippen LogP contribution in [0.2, 0.25) is 5.22 Å². The molecule has 0 atom stereocenters. The summed E-state index contributed by atoms with van der Waals surface area (Å²) in [5, 5.41) is 0.105. The molecule has 1 aliphatic rings. The van der Waals surface area contributed by atoms with Gasteiger partial charge in [-0.1, -0.05) is 30.3 Å². The molecule has 5 heteroatoms. The molecule has 1 aliphatic heterocycles. The number of rotatable bonds is 2. The lowest BCUT2D eigenvalue weighted by Crippen LogP contribution is -2.23. The van der Waals surface area contributed by atoms with Crippen molar-refractivity contribution >= 4 is 17.6 Å². The van der Waals surface area contributed by atoms with Crippen molar-refractivity contribution in [2.45, 2.75) is 12.8 Å². The highest BCUT2D eigenvalue weighted by Crippen LogP contribution is 2.27. The smallest absolute Gasteiger partial charge is 0.302 e. The lowest BCUT2D eigenvalue weighted by Gasteiger charge is -2.14. The number of hydrogen-bond donors (Lipinski definition) is 0. The number of benzene rings is 1. The molecule has 4 nitrogen and oxygen atoms in total. The van der Waals surface area contributed by atoms with Crippen molar-refractivity contribution in [1.29, 1.82) is 0 Å². The van der Waals surface area contributed by atoms with Crippen LogP contribution in [0.4, 0.5) is 6.01 Å². The Labute approximate surface area is 115 Å². The van der Waals surface area contributed by atoms with Crippen LogP contribution in [-0.4, -0.2) is 18.1 Å². The summed E-state index contributed by atoms with van der Waals surface area (Å²) < 4.78 is 5.51. The van der Waals surface area contributed by atoms with E-state index in [-0.39, 0.29) is 10.8 Å². The molecule has 0 spiro atoms. The highest BCUT2D eigenvalue weighted by atomic mass is 35.5. The summed E-state index contributed by atoms with van der Waals surface area (Å²) in [4.78, 5) is 18.1. The Morgan fingerprint density at radius 2 is 1.84 bits per heavy atom. The Kier molecular flexibility index (Phi) is 3.25. The van der Waals surface area contributed by atoms with Gasteiger partial charge in [0.15, 0.2) is 0 Å². The molecule has 0 radical (unpaired) electrons. The SMILES string of the molecule is O=c1nc(N2CCCC2)oc(Cl)c1-c1ccccc1. The summed E-state index contributed by atoms with van der Waals surface area (Å²) in [7, 11) is 0. The Morgan fingerprint density at radius 3 is 2.47 bits per heavy atom. The maximum atomic E-state index is 12.1. The van der Waals surface area contributed by atoms with E-state index in [0.717, 1.165) is 31.5 Å². The Morgan fingerprint density at radius 1 is 1.16 bits per heavy atom. The van der Waals surface area contributed by atoms with E-state index >= 15 is 0 Å². The van der Waals surface area contributed by atoms with E-state index in [2.05, 4.69) is 4.98 Å². The first-order valence-corrected chi connectivity index (χ1v) is 6.64. The summed E-state index contributed by atoms with van der Waals surface area (Å²) in [6.07, 6.45) is 2.17. The highest BCUT2D eigenvalue weighted by Gasteiger charge is 2.20. The standard InChI is InChI=1S/C14H13ClN2O2/c15-12-11(10-6-2-1-3-7-10)13(18)16-14(19-12)17-8-4-5-9-17/h1-3,6-7H,4-5,8-9H2. The quantitative estimate of drug-likeness (QED) is 0.846. The third-order valence-corrected chi connectivity index (χ3v) is 3.49. The number of anilines is 1. The van der Waals surface area contributed by atoms with Crippen LogP contribution in [0.25, 0.3) is 11.1 Å². The second-order valence-corrected chi connectivity index (χ2v) is 4.85. The number of hydrogen-bond acceptors (Lipinski definition) is 4. The lowest BCUT2D eigenvalue weighted by atomic mass is 10.1. The molecule has 1 fully saturated rings. The molecule has 0 N–H and O–H groups in total. The monoisotopic (exact) mass is 276 g/mol. The minimum Gasteiger partial charge on any atom is -0.412 e. The van der Waals surface area contributed by atoms with Gasteiger partial charge in [-0.25, -0.2) is 0 Å². The van der Waals surface area contributed by atoms with Gasteiger partial charge in [0.2, 0.25) is 5.22 Å². The van der Waals surface area contributed by atoms with Crippen LogP contribution in [0, 0.1) is 0 Å². The first-order chi connectivity index (χ1) is 9.25. The molecule has 1 aromatic heterocycles. The summed E-state index contributed by atoms with van der Waals surface area (Å²) in [6.45, 7) is 1.72. The first kappa shape index (κ1) is 12.2. The normalized spacial score (nSPS) is 14.9. The number of aromatic nitrogens is 1. The van der Waals surface area contributed by atoms with Crippen LogP contribution >= 0.6 is 11.6 Å². The van der Waals surface area contributed by atoms with Crippen LogP contribution in [0.1, 0.15) is 12.8 Å². The van der Waals surface area contributed by atoms with E-state index in [0.29, 0.717) is 11.6 Å². The van der Waals surface area contributed by atoms with Gasteiger partial charge in [0.1, 0.15) is 5.56 Å². The topological polar surface area (TPSA) is 46.3 Å². The maximum absolute atomic E-state index is 12.1. The van der Waals surface area contributed by atoms with Crippen molar-refractivity contribution in [3.8, 4) is 11.1 Å². The van der Waals surface area contributed by atoms with Crippen LogP contribution < -0.4 is 10.5 Å². The zero-order chi connectivity index (χ0) is 13.2. The molecule has 3 rings (SSSR count). The van der Waals surface area contributed by atoms with Gasteiger partial charge in [0, 0.05) is 13.1 Å². The molecule has 2 aromatic rings. The molecular formula is C14H13ClN2O2. The molecule has 0 aliphatic carbocycles. The van der Waals surface area contributed by atoms with E-state index in [1.165, 1.54) is 0 Å². The van der Waals surface area contributed by atoms with E-state index in [9.17, 15) is 4.79 Å². The molecular weight excluding hydrogens is 264 g/mol. The minimum absolute atomic E-state index is 0.105. The van der Waals surface area contributed by atoms with Gasteiger partial charge in [-0.05, 0) is 30.0 Å². The number of halogens is 1. The Bertz CT molecular complexity index is 634. The molecule has 2 heterocycles. The Balaban J connectivity index is 2.06. The molecule has 0 saturated carbocycles. The minimum atomic E-state index is -0.343. The molecule has 0 unspecified atom stereocenters. The van der Waals surface area contributed by atoms with Crippen LogP contribution in [0.5, 0.6) is 0 Å². The highest BCUT2D eigenvalue weighted by molar-refractivity contribution is 6.31. The summed E-state index contributed by atoms with van der Waals surface area (Å²) in [6, 6.07) is 9.53. The molecule has 19 heavy (non-hydrogen) atoms. The molecule has 0 amide bonds. The van der Waals surface area contributed by atoms with Crippen molar-refractivity contribution in [3.63, 3.8) is 0 Å². The van der Waals surface area contributed by atoms with Crippen LogP contribution in [0.3, 0.4) is 0 Å². The summed E-state index contributed by atoms with van der Waals surface area (Å²) in [5.41, 5.74) is 0.705. The van der Waals surface area contributed by atoms with Crippen molar-refractivity contribution < 1.29 is 4.42 Å². The Hall–Kier alpha value is -1.81. The van der Waals surface area contributed by atoms with Crippen LogP contribution in [-0.2, 0) is 0 Å². The first-order valence-electron chi connectivity index (χ1n) is 6.27. The van der Waals surface area contributed by atoms with Gasteiger partial charge < -0.3 is 9.32 Å². The van der Waals surface area contributed by atoms with Gasteiger partial charge in [-0.15, -0.1) is 0 Å². The van der Waals surface area contributed by atoms with Crippen molar-refractivity contribution in [2.24, 2.45) is 0 Å². The van der Waals surface area contributed by atoms with Gasteiger partial charge in [-0.3, -0.25) is 4.79 Å². The van der Waals surface area contributed by atoms with Gasteiger partial charge >= 0.3 is 6.01 Å². The molecule has 1 aromatic carbocycles. The largest absolute Gasteiger partial charge is 0.412 e. The average Bonchev–Trinajstić information content (AvgIpc) is 2.93. The summed E-state index contributed by atoms with van der Waals surface area (Å²) >= 11 is 6.11. The fourth-order valence-electron chi connectivity index (χ4n) is 2.27. The zero-order valence-corrected chi connectivity index (χ0v) is 11.1. The van der Waals surface area contributed by atoms with E-state index in [4.69, 9.17) is 16.0 Å². The number of nitrogens with zero attached hydrogens (tertiary/aromatic N) is 2. The second kappa shape index (κ2) is 5.05. The average molecular weight is 277 g/mol. The molecule has 0 bridgehead atoms. The van der Waals surface area contributed by atoms with Gasteiger partial charge in [0.25, 0.3) is 5.56 Å². The summed E-state index contributed by atoms with van der Waals surface area (Å²) in [5.74, 6) is 0. The van der Waals surface area contributed by atoms with E-state index in [1.54, 1.807) is 0 Å². The third-order valence-electron chi connectivity index (χ3n) is 3.23. The maximum Gasteiger partial charge on any atom is 0.302 e. The third kappa shape index (κ3) is 2.36. The van der Waals surface area contributed by atoms with Gasteiger partial charge in [0.05, 0.1) is 0 Å². The van der Waals surface area contributed by atoms with E-state index in [1.807, 2.05) is 35.2 Å². The van der Waals surface area contributed by atoms with Gasteiger partial charge in [-0.2, -0.15) is 4.98 Å². The van der Waals surface area contributed by atoms with Crippen molar-refractivity contribution in [1.82, 2.24) is 4.98 Å². The molecule has 98 valence electrons. The molecule has 1 saturated heterocycles. The lowest BCUT2D eigenvalue weighted by molar-refractivity contribution is 0.520. The van der Waals surface area contributed by atoms with E-state index < -0.39 is 0 Å². The zero-order valence-electron chi connectivity index (χ0n) is 10.3. The van der Waals surface area contributed by atoms with Crippen LogP contribution in [0.15, 0.2) is 39.5 Å². The predicted molar refractivity (Wildman–Crippen MR) is 74.7 cm³/mol.